The van der Waals surface area contributed by atoms with Crippen molar-refractivity contribution in [1.82, 2.24) is 0 Å². The highest BCUT2D eigenvalue weighted by atomic mass is 19.4. The van der Waals surface area contributed by atoms with Crippen LogP contribution in [0.1, 0.15) is 38.8 Å². The van der Waals surface area contributed by atoms with Crippen LogP contribution in [-0.4, -0.2) is 68.1 Å². The van der Waals surface area contributed by atoms with Crippen LogP contribution in [0.4, 0.5) is 60.5 Å². The number of carbonyl (C=O) groups excluding carboxylic acids is 4. The Labute approximate surface area is 346 Å². The molecule has 0 bridgehead atoms. The molecular formula is C38H36F6N6O12. The lowest BCUT2D eigenvalue weighted by Crippen LogP contribution is -2.45. The first-order valence-corrected chi connectivity index (χ1v) is 17.4. The molecule has 4 amide bonds. The van der Waals surface area contributed by atoms with Crippen molar-refractivity contribution in [3.8, 4) is 11.5 Å². The smallest absolute Gasteiger partial charge is 0.423 e. The Morgan fingerprint density at radius 3 is 1.10 bits per heavy atom. The van der Waals surface area contributed by atoms with E-state index < -0.39 is 80.9 Å². The molecular weight excluding hydrogens is 846 g/mol. The number of halogens is 6. The second kappa shape index (κ2) is 19.8. The van der Waals surface area contributed by atoms with Gasteiger partial charge in [0.25, 0.3) is 23.2 Å². The molecule has 332 valence electrons. The molecule has 0 unspecified atom stereocenters. The molecule has 2 atom stereocenters. The van der Waals surface area contributed by atoms with E-state index in [0.29, 0.717) is 35.6 Å². The number of nitro groups is 2. The molecule has 0 heterocycles. The minimum absolute atomic E-state index is 0.261. The van der Waals surface area contributed by atoms with Gasteiger partial charge in [0.1, 0.15) is 35.8 Å². The molecule has 18 nitrogen and oxygen atoms in total. The van der Waals surface area contributed by atoms with Gasteiger partial charge in [0.05, 0.1) is 9.85 Å². The predicted molar refractivity (Wildman–Crippen MR) is 207 cm³/mol. The van der Waals surface area contributed by atoms with Gasteiger partial charge < -0.3 is 41.0 Å². The van der Waals surface area contributed by atoms with E-state index in [4.69, 9.17) is 9.47 Å². The summed E-state index contributed by atoms with van der Waals surface area (Å²) in [5.74, 6) is -2.18. The molecule has 0 aliphatic heterocycles. The van der Waals surface area contributed by atoms with E-state index in [-0.39, 0.29) is 34.7 Å². The SMILES string of the molecule is CC(=O)Nc1ccc(OC[C@](C)(O)C(=O)Nc2ccc([N+](=O)[O-])c(C(F)(F)F)c2)cc1.CC(=O)Nc1ccc(OC[C@](C)(O)C(=O)Nc2ccc([N+](=O)[O-])c(C(F)(F)F)c2)cc1. The summed E-state index contributed by atoms with van der Waals surface area (Å²) in [5, 5.41) is 51.5. The van der Waals surface area contributed by atoms with Crippen LogP contribution in [0.3, 0.4) is 0 Å². The number of ether oxygens (including phenoxy) is 2. The van der Waals surface area contributed by atoms with Crippen molar-refractivity contribution in [2.45, 2.75) is 51.2 Å². The third kappa shape index (κ3) is 14.4. The molecule has 6 N–H and O–H groups in total. The second-order valence-corrected chi connectivity index (χ2v) is 13.4. The molecule has 0 radical (unpaired) electrons. The Kier molecular flexibility index (Phi) is 15.7. The number of nitrogens with one attached hydrogen (secondary N) is 4. The summed E-state index contributed by atoms with van der Waals surface area (Å²) in [6.45, 7) is 3.76. The van der Waals surface area contributed by atoms with Gasteiger partial charge >= 0.3 is 12.4 Å². The molecule has 62 heavy (non-hydrogen) atoms. The molecule has 0 aliphatic carbocycles. The third-order valence-electron chi connectivity index (χ3n) is 7.88. The van der Waals surface area contributed by atoms with E-state index >= 15 is 0 Å². The number of amides is 4. The minimum atomic E-state index is -5.02. The maximum absolute atomic E-state index is 13.1. The van der Waals surface area contributed by atoms with E-state index in [1.54, 1.807) is 0 Å². The van der Waals surface area contributed by atoms with Crippen molar-refractivity contribution in [3.05, 3.63) is 116 Å². The first-order valence-electron chi connectivity index (χ1n) is 17.4. The van der Waals surface area contributed by atoms with Crippen molar-refractivity contribution in [3.63, 3.8) is 0 Å². The minimum Gasteiger partial charge on any atom is -0.490 e. The normalized spacial score (nSPS) is 13.1. The van der Waals surface area contributed by atoms with Gasteiger partial charge in [-0.05, 0) is 86.6 Å². The van der Waals surface area contributed by atoms with E-state index in [1.165, 1.54) is 62.4 Å². The maximum Gasteiger partial charge on any atom is 0.423 e. The van der Waals surface area contributed by atoms with E-state index in [2.05, 4.69) is 21.3 Å². The van der Waals surface area contributed by atoms with Crippen LogP contribution in [0.5, 0.6) is 11.5 Å². The number of alkyl halides is 6. The number of benzene rings is 4. The van der Waals surface area contributed by atoms with E-state index in [9.17, 15) is 76.0 Å². The van der Waals surface area contributed by atoms with Crippen LogP contribution < -0.4 is 30.7 Å². The quantitative estimate of drug-likeness (QED) is 0.0440. The highest BCUT2D eigenvalue weighted by molar-refractivity contribution is 5.98. The summed E-state index contributed by atoms with van der Waals surface area (Å²) in [6.07, 6.45) is -10.0. The standard InChI is InChI=1S/2C19H18F3N3O6/c2*1-11(26)23-12-3-6-14(7-4-12)31-10-18(2,28)17(27)24-13-5-8-16(25(29)30)15(9-13)19(20,21)22/h2*3-9,28H,10H2,1-2H3,(H,23,26)(H,24,27)/t2*18-/m00/s1. The van der Waals surface area contributed by atoms with Gasteiger partial charge in [-0.1, -0.05) is 0 Å². The fourth-order valence-electron chi connectivity index (χ4n) is 4.79. The van der Waals surface area contributed by atoms with Gasteiger partial charge in [0.2, 0.25) is 11.8 Å². The zero-order chi connectivity index (χ0) is 46.8. The lowest BCUT2D eigenvalue weighted by Gasteiger charge is -2.23. The molecule has 4 rings (SSSR count). The fraction of sp³-hybridized carbons (Fsp3) is 0.263. The molecule has 0 aliphatic rings. The Bertz CT molecular complexity index is 2140. The Hall–Kier alpha value is -7.34. The Balaban J connectivity index is 0.000000330. The van der Waals surface area contributed by atoms with Gasteiger partial charge in [-0.3, -0.25) is 39.4 Å². The van der Waals surface area contributed by atoms with E-state index in [1.807, 2.05) is 0 Å². The van der Waals surface area contributed by atoms with Gasteiger partial charge in [-0.2, -0.15) is 26.3 Å². The second-order valence-electron chi connectivity index (χ2n) is 13.4. The van der Waals surface area contributed by atoms with Crippen LogP contribution >= 0.6 is 0 Å². The van der Waals surface area contributed by atoms with Crippen LogP contribution in [0.15, 0.2) is 84.9 Å². The molecule has 0 spiro atoms. The Morgan fingerprint density at radius 1 is 0.548 bits per heavy atom. The largest absolute Gasteiger partial charge is 0.490 e. The molecule has 0 saturated heterocycles. The number of rotatable bonds is 14. The zero-order valence-corrected chi connectivity index (χ0v) is 32.6. The molecule has 0 saturated carbocycles. The summed E-state index contributed by atoms with van der Waals surface area (Å²) in [5.41, 5.74) is -9.45. The van der Waals surface area contributed by atoms with Crippen molar-refractivity contribution in [1.29, 1.82) is 0 Å². The summed E-state index contributed by atoms with van der Waals surface area (Å²) in [4.78, 5) is 65.8. The summed E-state index contributed by atoms with van der Waals surface area (Å²) in [7, 11) is 0. The Morgan fingerprint density at radius 2 is 0.839 bits per heavy atom. The molecule has 4 aromatic rings. The first kappa shape index (κ1) is 49.0. The third-order valence-corrected chi connectivity index (χ3v) is 7.88. The first-order chi connectivity index (χ1) is 28.6. The van der Waals surface area contributed by atoms with E-state index in [0.717, 1.165) is 26.0 Å². The molecule has 4 aromatic carbocycles. The number of nitrogens with zero attached hydrogens (tertiary/aromatic N) is 2. The average molecular weight is 883 g/mol. The van der Waals surface area contributed by atoms with Crippen LogP contribution in [0.25, 0.3) is 0 Å². The fourth-order valence-corrected chi connectivity index (χ4v) is 4.79. The predicted octanol–water partition coefficient (Wildman–Crippen LogP) is 6.68. The van der Waals surface area contributed by atoms with Crippen molar-refractivity contribution >= 4 is 57.8 Å². The lowest BCUT2D eigenvalue weighted by molar-refractivity contribution is -0.388. The number of hydrogen-bond donors (Lipinski definition) is 6. The number of aliphatic hydroxyl groups is 2. The van der Waals surface area contributed by atoms with Gasteiger partial charge in [-0.25, -0.2) is 0 Å². The van der Waals surface area contributed by atoms with Crippen LogP contribution in [-0.2, 0) is 31.5 Å². The maximum atomic E-state index is 13.1. The molecule has 0 aromatic heterocycles. The zero-order valence-electron chi connectivity index (χ0n) is 32.6. The topological polar surface area (TPSA) is 262 Å². The number of hydrogen-bond acceptors (Lipinski definition) is 12. The van der Waals surface area contributed by atoms with Gasteiger partial charge in [0, 0.05) is 48.7 Å². The number of carbonyl (C=O) groups is 4. The highest BCUT2D eigenvalue weighted by Crippen LogP contribution is 2.39. The lowest BCUT2D eigenvalue weighted by atomic mass is 10.1. The van der Waals surface area contributed by atoms with Gasteiger partial charge in [-0.15, -0.1) is 0 Å². The number of nitro benzene ring substituents is 2. The average Bonchev–Trinajstić information content (AvgIpc) is 3.16. The van der Waals surface area contributed by atoms with Gasteiger partial charge in [0.15, 0.2) is 11.2 Å². The summed E-state index contributed by atoms with van der Waals surface area (Å²) >= 11 is 0. The van der Waals surface area contributed by atoms with Crippen molar-refractivity contribution in [2.24, 2.45) is 0 Å². The van der Waals surface area contributed by atoms with Crippen molar-refractivity contribution < 1.29 is 75.1 Å². The summed E-state index contributed by atoms with van der Waals surface area (Å²) < 4.78 is 89.0. The van der Waals surface area contributed by atoms with Crippen LogP contribution in [0.2, 0.25) is 0 Å². The molecule has 24 heteroatoms. The monoisotopic (exact) mass is 882 g/mol. The highest BCUT2D eigenvalue weighted by Gasteiger charge is 2.40. The molecule has 0 fully saturated rings. The van der Waals surface area contributed by atoms with Crippen molar-refractivity contribution in [2.75, 3.05) is 34.5 Å². The van der Waals surface area contributed by atoms with Crippen LogP contribution in [0, 0.1) is 20.2 Å². The summed E-state index contributed by atoms with van der Waals surface area (Å²) in [6, 6.07) is 15.9. The number of anilines is 4.